The van der Waals surface area contributed by atoms with Crippen LogP contribution >= 0.6 is 23.8 Å². The zero-order chi connectivity index (χ0) is 31.7. The third-order valence-electron chi connectivity index (χ3n) is 8.53. The maximum atomic E-state index is 7.11. The molecule has 7 rings (SSSR count). The van der Waals surface area contributed by atoms with Crippen molar-refractivity contribution in [3.05, 3.63) is 182 Å². The van der Waals surface area contributed by atoms with Crippen LogP contribution in [0.25, 0.3) is 0 Å². The minimum Gasteiger partial charge on any atom is -0.346 e. The highest BCUT2D eigenvalue weighted by Gasteiger charge is 2.40. The van der Waals surface area contributed by atoms with E-state index in [0.29, 0.717) is 0 Å². The van der Waals surface area contributed by atoms with Gasteiger partial charge in [-0.05, 0) is 55.6 Å². The Balaban J connectivity index is 1.23. The highest BCUT2D eigenvalue weighted by atomic mass is 31.1. The van der Waals surface area contributed by atoms with Gasteiger partial charge in [-0.2, -0.15) is 0 Å². The van der Waals surface area contributed by atoms with Crippen molar-refractivity contribution in [2.24, 2.45) is 0 Å². The summed E-state index contributed by atoms with van der Waals surface area (Å²) in [5.74, 6) is 0. The van der Waals surface area contributed by atoms with Gasteiger partial charge in [-0.15, -0.1) is 0 Å². The van der Waals surface area contributed by atoms with E-state index in [1.165, 1.54) is 31.8 Å². The Morgan fingerprint density at radius 1 is 0.298 bits per heavy atom. The Labute approximate surface area is 283 Å². The van der Waals surface area contributed by atoms with Crippen molar-refractivity contribution in [2.75, 3.05) is 18.5 Å². The van der Waals surface area contributed by atoms with Crippen LogP contribution in [0.3, 0.4) is 0 Å². The summed E-state index contributed by atoms with van der Waals surface area (Å²) in [5, 5.41) is 8.22. The van der Waals surface area contributed by atoms with Gasteiger partial charge in [0.2, 0.25) is 0 Å². The van der Waals surface area contributed by atoms with Gasteiger partial charge in [-0.3, -0.25) is 0 Å². The van der Waals surface area contributed by atoms with E-state index in [1.54, 1.807) is 0 Å². The van der Waals surface area contributed by atoms with E-state index in [0.717, 1.165) is 18.5 Å². The monoisotopic (exact) mass is 668 g/mol. The third-order valence-corrected chi connectivity index (χ3v) is 16.2. The molecule has 1 fully saturated rings. The van der Waals surface area contributed by atoms with E-state index in [2.05, 4.69) is 182 Å². The Morgan fingerprint density at radius 2 is 0.511 bits per heavy atom. The molecule has 0 radical (unpaired) electrons. The molecule has 5 heteroatoms. The Morgan fingerprint density at radius 3 is 0.745 bits per heavy atom. The molecule has 1 heterocycles. The van der Waals surface area contributed by atoms with Crippen LogP contribution in [-0.4, -0.2) is 37.0 Å². The van der Waals surface area contributed by atoms with Crippen molar-refractivity contribution in [1.29, 1.82) is 0 Å². The van der Waals surface area contributed by atoms with E-state index < -0.39 is 23.8 Å². The summed E-state index contributed by atoms with van der Waals surface area (Å²) in [6, 6.07) is 65.8. The van der Waals surface area contributed by atoms with E-state index >= 15 is 0 Å². The lowest BCUT2D eigenvalue weighted by molar-refractivity contribution is -0.0430. The van der Waals surface area contributed by atoms with Crippen LogP contribution in [0.4, 0.5) is 0 Å². The summed E-state index contributed by atoms with van der Waals surface area (Å²) in [7, 11) is -1.94. The highest BCUT2D eigenvalue weighted by Crippen LogP contribution is 2.44. The predicted molar refractivity (Wildman–Crippen MR) is 205 cm³/mol. The van der Waals surface area contributed by atoms with Crippen LogP contribution < -0.4 is 31.8 Å². The molecule has 0 aromatic heterocycles. The molecule has 0 aliphatic carbocycles. The van der Waals surface area contributed by atoms with Gasteiger partial charge in [-0.25, -0.2) is 0 Å². The van der Waals surface area contributed by atoms with Crippen LogP contribution in [0.1, 0.15) is 0 Å². The quantitative estimate of drug-likeness (QED) is 0.126. The molecule has 1 aliphatic heterocycles. The number of benzene rings is 6. The fourth-order valence-electron chi connectivity index (χ4n) is 6.24. The molecule has 6 aromatic rings. The van der Waals surface area contributed by atoms with Gasteiger partial charge in [0, 0.05) is 18.5 Å². The molecule has 0 N–H and O–H groups in total. The molecule has 0 saturated carbocycles. The van der Waals surface area contributed by atoms with Crippen molar-refractivity contribution in [1.82, 2.24) is 0 Å². The lowest BCUT2D eigenvalue weighted by Crippen LogP contribution is -2.33. The highest BCUT2D eigenvalue weighted by molar-refractivity contribution is 7.73. The molecule has 0 bridgehead atoms. The molecule has 2 nitrogen and oxygen atoms in total. The van der Waals surface area contributed by atoms with Crippen molar-refractivity contribution in [2.45, 2.75) is 18.5 Å². The largest absolute Gasteiger partial charge is 0.346 e. The maximum absolute atomic E-state index is 7.11. The first kappa shape index (κ1) is 32.1. The molecule has 47 heavy (non-hydrogen) atoms. The zero-order valence-corrected chi connectivity index (χ0v) is 29.0. The number of hydrogen-bond donors (Lipinski definition) is 0. The molecule has 3 atom stereocenters. The van der Waals surface area contributed by atoms with Gasteiger partial charge in [0.25, 0.3) is 0 Å². The standard InChI is InChI=1S/C42H39O2P3/c1-7-19-34(20-8-1)45(35-21-9-2-10-22-35)31-40-41(32-46(36-23-11-3-12-24-36)37-25-13-4-14-26-37)44-42(43-40)33-47(38-27-15-5-16-28-38)39-29-17-6-18-30-39/h1-30,40-42H,31-33H2/t40-,41+,42?. The van der Waals surface area contributed by atoms with Gasteiger partial charge >= 0.3 is 0 Å². The van der Waals surface area contributed by atoms with E-state index in [1.807, 2.05) is 0 Å². The lowest BCUT2D eigenvalue weighted by Gasteiger charge is -2.27. The smallest absolute Gasteiger partial charge is 0.163 e. The number of rotatable bonds is 12. The summed E-state index contributed by atoms with van der Waals surface area (Å²) in [4.78, 5) is 0. The van der Waals surface area contributed by atoms with Crippen molar-refractivity contribution < 1.29 is 9.47 Å². The molecule has 0 amide bonds. The number of ether oxygens (including phenoxy) is 2. The summed E-state index contributed by atoms with van der Waals surface area (Å²) in [5.41, 5.74) is 0. The normalized spacial score (nSPS) is 17.8. The lowest BCUT2D eigenvalue weighted by atomic mass is 10.3. The van der Waals surface area contributed by atoms with Crippen molar-refractivity contribution in [3.63, 3.8) is 0 Å². The summed E-state index contributed by atoms with van der Waals surface area (Å²) < 4.78 is 14.2. The minimum atomic E-state index is -0.655. The molecule has 1 aliphatic rings. The Kier molecular flexibility index (Phi) is 11.0. The van der Waals surface area contributed by atoms with Gasteiger partial charge in [0.1, 0.15) is 0 Å². The average Bonchev–Trinajstić information content (AvgIpc) is 3.54. The van der Waals surface area contributed by atoms with Crippen molar-refractivity contribution >= 4 is 55.6 Å². The zero-order valence-electron chi connectivity index (χ0n) is 26.3. The predicted octanol–water partition coefficient (Wildman–Crippen LogP) is 7.50. The number of hydrogen-bond acceptors (Lipinski definition) is 2. The first-order valence-electron chi connectivity index (χ1n) is 16.3. The van der Waals surface area contributed by atoms with Gasteiger partial charge < -0.3 is 9.47 Å². The van der Waals surface area contributed by atoms with Crippen LogP contribution in [0.5, 0.6) is 0 Å². The molecule has 1 unspecified atom stereocenters. The third kappa shape index (κ3) is 8.16. The second kappa shape index (κ2) is 16.1. The molecular weight excluding hydrogens is 629 g/mol. The van der Waals surface area contributed by atoms with Gasteiger partial charge in [0.05, 0.1) is 12.2 Å². The van der Waals surface area contributed by atoms with Crippen LogP contribution in [0.15, 0.2) is 182 Å². The van der Waals surface area contributed by atoms with Crippen LogP contribution in [0, 0.1) is 0 Å². The van der Waals surface area contributed by atoms with Crippen LogP contribution in [0.2, 0.25) is 0 Å². The Hall–Kier alpha value is -3.47. The average molecular weight is 669 g/mol. The fourth-order valence-corrected chi connectivity index (χ4v) is 13.4. The first-order chi connectivity index (χ1) is 23.3. The molecule has 6 aromatic carbocycles. The minimum absolute atomic E-state index is 0.0210. The molecule has 0 spiro atoms. The molecule has 1 saturated heterocycles. The van der Waals surface area contributed by atoms with Crippen LogP contribution in [-0.2, 0) is 9.47 Å². The van der Waals surface area contributed by atoms with Gasteiger partial charge in [0.15, 0.2) is 6.29 Å². The maximum Gasteiger partial charge on any atom is 0.163 e. The topological polar surface area (TPSA) is 18.5 Å². The summed E-state index contributed by atoms with van der Waals surface area (Å²) in [6.07, 6.45) is 2.36. The first-order valence-corrected chi connectivity index (χ1v) is 20.8. The van der Waals surface area contributed by atoms with E-state index in [-0.39, 0.29) is 18.5 Å². The second-order valence-electron chi connectivity index (χ2n) is 11.6. The van der Waals surface area contributed by atoms with E-state index in [9.17, 15) is 0 Å². The Bertz CT molecular complexity index is 1560. The van der Waals surface area contributed by atoms with Crippen molar-refractivity contribution in [3.8, 4) is 0 Å². The van der Waals surface area contributed by atoms with Gasteiger partial charge in [-0.1, -0.05) is 182 Å². The second-order valence-corrected chi connectivity index (χ2v) is 18.4. The SMILES string of the molecule is c1ccc(P(CC2O[C@@H](CP(c3ccccc3)c3ccccc3)[C@@H](CP(c3ccccc3)c3ccccc3)O2)c2ccccc2)cc1. The molecular formula is C42H39O2P3. The molecule has 234 valence electrons. The fraction of sp³-hybridized carbons (Fsp3) is 0.143. The summed E-state index contributed by atoms with van der Waals surface area (Å²) in [6.45, 7) is 0. The van der Waals surface area contributed by atoms with E-state index in [4.69, 9.17) is 9.47 Å². The summed E-state index contributed by atoms with van der Waals surface area (Å²) >= 11 is 0.